The first-order chi connectivity index (χ1) is 9.41. The first-order valence-electron chi connectivity index (χ1n) is 6.06. The van der Waals surface area contributed by atoms with Crippen molar-refractivity contribution in [1.82, 2.24) is 4.31 Å². The number of hydrogen-bond donors (Lipinski definition) is 0. The van der Waals surface area contributed by atoms with Crippen molar-refractivity contribution >= 4 is 44.7 Å². The van der Waals surface area contributed by atoms with Crippen molar-refractivity contribution in [2.24, 2.45) is 11.1 Å². The molecule has 0 saturated carbocycles. The lowest BCUT2D eigenvalue weighted by atomic mass is 10.1. The van der Waals surface area contributed by atoms with Gasteiger partial charge in [-0.1, -0.05) is 29.1 Å². The highest BCUT2D eigenvalue weighted by molar-refractivity contribution is 8.76. The van der Waals surface area contributed by atoms with Gasteiger partial charge in [-0.05, 0) is 31.1 Å². The second kappa shape index (κ2) is 6.33. The fraction of sp³-hybridized carbons (Fsp3) is 0.583. The molecule has 0 aromatic carbocycles. The zero-order valence-corrected chi connectivity index (χ0v) is 13.8. The van der Waals surface area contributed by atoms with Gasteiger partial charge >= 0.3 is 6.09 Å². The Morgan fingerprint density at radius 1 is 1.65 bits per heavy atom. The molecule has 20 heavy (non-hydrogen) atoms. The van der Waals surface area contributed by atoms with Gasteiger partial charge in [0.2, 0.25) is 0 Å². The van der Waals surface area contributed by atoms with Crippen molar-refractivity contribution in [2.75, 3.05) is 7.05 Å². The minimum absolute atomic E-state index is 0.308. The number of fused-ring (bicyclic) bond motifs is 2. The maximum absolute atomic E-state index is 11.8. The first kappa shape index (κ1) is 15.6. The zero-order valence-electron chi connectivity index (χ0n) is 11.4. The van der Waals surface area contributed by atoms with Gasteiger partial charge in [0.1, 0.15) is 9.79 Å². The molecule has 1 heterocycles. The molecule has 1 saturated heterocycles. The van der Waals surface area contributed by atoms with Crippen LogP contribution in [0.4, 0.5) is 4.79 Å². The number of nitriles is 1. The summed E-state index contributed by atoms with van der Waals surface area (Å²) in [6.45, 7) is 3.59. The number of hydrogen-bond acceptors (Lipinski definition) is 7. The summed E-state index contributed by atoms with van der Waals surface area (Å²) in [4.78, 5) is 16.7. The average molecular weight is 329 g/mol. The number of amides is 1. The van der Waals surface area contributed by atoms with Crippen LogP contribution in [-0.2, 0) is 4.84 Å². The first-order valence-corrected chi connectivity index (χ1v) is 9.04. The highest BCUT2D eigenvalue weighted by Gasteiger charge is 2.34. The SMILES string of the molecule is CN(SSC(C)(C)C#N)C(=O)ON=C1SC2C=CC1C2. The third-order valence-electron chi connectivity index (χ3n) is 2.73. The molecule has 0 aromatic heterocycles. The highest BCUT2D eigenvalue weighted by atomic mass is 33.1. The van der Waals surface area contributed by atoms with Crippen LogP contribution in [0.25, 0.3) is 0 Å². The van der Waals surface area contributed by atoms with Crippen molar-refractivity contribution in [3.05, 3.63) is 12.2 Å². The van der Waals surface area contributed by atoms with Gasteiger partial charge < -0.3 is 0 Å². The summed E-state index contributed by atoms with van der Waals surface area (Å²) in [5.74, 6) is 0.308. The number of allylic oxidation sites excluding steroid dienone is 1. The van der Waals surface area contributed by atoms with Crippen molar-refractivity contribution < 1.29 is 9.63 Å². The standard InChI is InChI=1S/C12H15N3O2S3/c1-12(2,7-13)19-20-15(3)11(16)17-14-10-8-4-5-9(6-8)18-10/h4-5,8-9H,6H2,1-3H3. The molecule has 0 radical (unpaired) electrons. The van der Waals surface area contributed by atoms with Crippen LogP contribution in [0.2, 0.25) is 0 Å². The Morgan fingerprint density at radius 2 is 2.40 bits per heavy atom. The lowest BCUT2D eigenvalue weighted by Crippen LogP contribution is -2.20. The minimum Gasteiger partial charge on any atom is -0.296 e. The minimum atomic E-state index is -0.559. The van der Waals surface area contributed by atoms with Gasteiger partial charge in [0.05, 0.1) is 6.07 Å². The zero-order chi connectivity index (χ0) is 14.8. The quantitative estimate of drug-likeness (QED) is 0.258. The third-order valence-corrected chi connectivity index (χ3v) is 7.10. The largest absolute Gasteiger partial charge is 0.446 e. The van der Waals surface area contributed by atoms with Crippen LogP contribution in [0, 0.1) is 17.2 Å². The number of oxime groups is 1. The molecule has 2 aliphatic rings. The van der Waals surface area contributed by atoms with Crippen molar-refractivity contribution in [3.8, 4) is 6.07 Å². The van der Waals surface area contributed by atoms with Crippen LogP contribution in [-0.4, -0.2) is 32.5 Å². The number of thioether (sulfide) groups is 1. The van der Waals surface area contributed by atoms with Crippen LogP contribution in [0.3, 0.4) is 0 Å². The van der Waals surface area contributed by atoms with E-state index in [4.69, 9.17) is 10.1 Å². The molecule has 8 heteroatoms. The summed E-state index contributed by atoms with van der Waals surface area (Å²) >= 11 is 1.65. The predicted octanol–water partition coefficient (Wildman–Crippen LogP) is 3.66. The lowest BCUT2D eigenvalue weighted by Gasteiger charge is -2.18. The summed E-state index contributed by atoms with van der Waals surface area (Å²) in [6, 6.07) is 2.16. The molecule has 108 valence electrons. The van der Waals surface area contributed by atoms with E-state index in [9.17, 15) is 4.79 Å². The summed E-state index contributed by atoms with van der Waals surface area (Å²) in [7, 11) is 4.08. The highest BCUT2D eigenvalue weighted by Crippen LogP contribution is 2.41. The molecule has 2 atom stereocenters. The molecule has 0 aromatic rings. The smallest absolute Gasteiger partial charge is 0.296 e. The van der Waals surface area contributed by atoms with Crippen LogP contribution in [0.5, 0.6) is 0 Å². The van der Waals surface area contributed by atoms with E-state index in [1.807, 2.05) is 0 Å². The number of carbonyl (C=O) groups excluding carboxylic acids is 1. The summed E-state index contributed by atoms with van der Waals surface area (Å²) in [5.41, 5.74) is 0. The van der Waals surface area contributed by atoms with Gasteiger partial charge in [-0.2, -0.15) is 5.26 Å². The normalized spacial score (nSPS) is 25.8. The van der Waals surface area contributed by atoms with Gasteiger partial charge in [-0.15, -0.1) is 0 Å². The Balaban J connectivity index is 1.79. The molecule has 1 amide bonds. The van der Waals surface area contributed by atoms with E-state index in [0.717, 1.165) is 11.5 Å². The molecule has 1 fully saturated rings. The van der Waals surface area contributed by atoms with Gasteiger partial charge in [0, 0.05) is 29.2 Å². The Hall–Kier alpha value is -0.780. The molecule has 0 N–H and O–H groups in total. The van der Waals surface area contributed by atoms with Crippen LogP contribution in [0.1, 0.15) is 20.3 Å². The molecule has 1 aliphatic carbocycles. The van der Waals surface area contributed by atoms with E-state index in [1.165, 1.54) is 26.1 Å². The van der Waals surface area contributed by atoms with Crippen LogP contribution < -0.4 is 0 Å². The van der Waals surface area contributed by atoms with Gasteiger partial charge in [-0.25, -0.2) is 9.10 Å². The molecular formula is C12H15N3O2S3. The molecule has 2 bridgehead atoms. The van der Waals surface area contributed by atoms with Crippen molar-refractivity contribution in [3.63, 3.8) is 0 Å². The summed E-state index contributed by atoms with van der Waals surface area (Å²) < 4.78 is 0.776. The Labute approximate surface area is 130 Å². The molecule has 1 aliphatic heterocycles. The second-order valence-electron chi connectivity index (χ2n) is 4.95. The van der Waals surface area contributed by atoms with Crippen LogP contribution >= 0.6 is 33.5 Å². The predicted molar refractivity (Wildman–Crippen MR) is 85.2 cm³/mol. The van der Waals surface area contributed by atoms with E-state index in [-0.39, 0.29) is 0 Å². The van der Waals surface area contributed by atoms with Gasteiger partial charge in [0.25, 0.3) is 0 Å². The molecular weight excluding hydrogens is 314 g/mol. The Kier molecular flexibility index (Phi) is 4.94. The molecule has 0 spiro atoms. The maximum Gasteiger partial charge on any atom is 0.446 e. The third kappa shape index (κ3) is 3.87. The molecule has 2 rings (SSSR count). The second-order valence-corrected chi connectivity index (χ2v) is 9.04. The Morgan fingerprint density at radius 3 is 2.95 bits per heavy atom. The molecule has 5 nitrogen and oxygen atoms in total. The van der Waals surface area contributed by atoms with E-state index < -0.39 is 10.8 Å². The monoisotopic (exact) mass is 329 g/mol. The summed E-state index contributed by atoms with van der Waals surface area (Å²) in [6.07, 6.45) is 4.80. The van der Waals surface area contributed by atoms with E-state index in [2.05, 4.69) is 23.4 Å². The van der Waals surface area contributed by atoms with Gasteiger partial charge in [-0.3, -0.25) is 4.84 Å². The van der Waals surface area contributed by atoms with E-state index >= 15 is 0 Å². The fourth-order valence-electron chi connectivity index (χ4n) is 1.61. The maximum atomic E-state index is 11.8. The molecule has 2 unspecified atom stereocenters. The topological polar surface area (TPSA) is 65.7 Å². The Bertz CT molecular complexity index is 499. The van der Waals surface area contributed by atoms with E-state index in [1.54, 1.807) is 32.7 Å². The fourth-order valence-corrected chi connectivity index (χ4v) is 4.44. The van der Waals surface area contributed by atoms with Gasteiger partial charge in [0.15, 0.2) is 0 Å². The summed E-state index contributed by atoms with van der Waals surface area (Å²) in [5, 5.41) is 14.2. The van der Waals surface area contributed by atoms with Crippen LogP contribution in [0.15, 0.2) is 17.3 Å². The number of rotatable bonds is 4. The average Bonchev–Trinajstić information content (AvgIpc) is 3.04. The lowest BCUT2D eigenvalue weighted by molar-refractivity contribution is 0.137. The van der Waals surface area contributed by atoms with Crippen molar-refractivity contribution in [2.45, 2.75) is 30.3 Å². The number of nitrogens with zero attached hydrogens (tertiary/aromatic N) is 3. The van der Waals surface area contributed by atoms with Crippen molar-refractivity contribution in [1.29, 1.82) is 5.26 Å². The number of carbonyl (C=O) groups is 1. The van der Waals surface area contributed by atoms with E-state index in [0.29, 0.717) is 11.2 Å².